The zero-order valence-electron chi connectivity index (χ0n) is 16.1. The Morgan fingerprint density at radius 1 is 1.26 bits per heavy atom. The van der Waals surface area contributed by atoms with Gasteiger partial charge in [0.1, 0.15) is 10.7 Å². The van der Waals surface area contributed by atoms with Gasteiger partial charge in [-0.25, -0.2) is 4.98 Å². The van der Waals surface area contributed by atoms with Crippen LogP contribution in [0.5, 0.6) is 0 Å². The Morgan fingerprint density at radius 2 is 2.00 bits per heavy atom. The third-order valence-electron chi connectivity index (χ3n) is 4.83. The summed E-state index contributed by atoms with van der Waals surface area (Å²) in [6.45, 7) is 8.49. The molecule has 0 aliphatic heterocycles. The van der Waals surface area contributed by atoms with Crippen LogP contribution in [-0.4, -0.2) is 20.6 Å². The molecule has 0 aliphatic rings. The van der Waals surface area contributed by atoms with E-state index in [1.54, 1.807) is 4.57 Å². The lowest BCUT2D eigenvalue weighted by molar-refractivity contribution is -0.137. The van der Waals surface area contributed by atoms with Crippen molar-refractivity contribution in [3.63, 3.8) is 0 Å². The average molecular weight is 385 g/mol. The smallest absolute Gasteiger partial charge is 0.303 e. The quantitative estimate of drug-likeness (QED) is 0.667. The van der Waals surface area contributed by atoms with Crippen molar-refractivity contribution in [1.82, 2.24) is 9.55 Å². The van der Waals surface area contributed by atoms with E-state index in [4.69, 9.17) is 10.1 Å². The first-order valence-electron chi connectivity index (χ1n) is 9.11. The number of aliphatic carboxylic acids is 1. The highest BCUT2D eigenvalue weighted by molar-refractivity contribution is 7.17. The van der Waals surface area contributed by atoms with Crippen LogP contribution in [0, 0.1) is 13.8 Å². The summed E-state index contributed by atoms with van der Waals surface area (Å²) >= 11 is 1.48. The summed E-state index contributed by atoms with van der Waals surface area (Å²) < 4.78 is 1.66. The molecule has 0 fully saturated rings. The minimum Gasteiger partial charge on any atom is -0.481 e. The highest BCUT2D eigenvalue weighted by Crippen LogP contribution is 2.32. The van der Waals surface area contributed by atoms with Crippen molar-refractivity contribution >= 4 is 27.5 Å². The number of hydrogen-bond acceptors (Lipinski definition) is 4. The van der Waals surface area contributed by atoms with Gasteiger partial charge >= 0.3 is 5.97 Å². The molecule has 0 spiro atoms. The monoisotopic (exact) mass is 384 g/mol. The highest BCUT2D eigenvalue weighted by atomic mass is 32.1. The van der Waals surface area contributed by atoms with Crippen molar-refractivity contribution < 1.29 is 9.90 Å². The minimum atomic E-state index is -0.852. The molecule has 1 N–H and O–H groups in total. The van der Waals surface area contributed by atoms with E-state index in [1.807, 2.05) is 25.3 Å². The Bertz CT molecular complexity index is 1060. The molecule has 0 saturated carbocycles. The van der Waals surface area contributed by atoms with E-state index in [1.165, 1.54) is 22.5 Å². The van der Waals surface area contributed by atoms with Gasteiger partial charge in [-0.15, -0.1) is 11.3 Å². The highest BCUT2D eigenvalue weighted by Gasteiger charge is 2.19. The fraction of sp³-hybridized carbons (Fsp3) is 0.381. The van der Waals surface area contributed by atoms with E-state index in [2.05, 4.69) is 26.0 Å². The van der Waals surface area contributed by atoms with Crippen LogP contribution in [0.2, 0.25) is 0 Å². The van der Waals surface area contributed by atoms with Crippen LogP contribution in [0.1, 0.15) is 49.6 Å². The Morgan fingerprint density at radius 3 is 2.63 bits per heavy atom. The second-order valence-electron chi connectivity index (χ2n) is 7.21. The normalized spacial score (nSPS) is 11.4. The summed E-state index contributed by atoms with van der Waals surface area (Å²) in [5, 5.41) is 11.5. The lowest BCUT2D eigenvalue weighted by atomic mass is 10.0. The van der Waals surface area contributed by atoms with Crippen LogP contribution in [0.3, 0.4) is 0 Å². The standard InChI is InChI=1S/C21H24N2O3S/c1-12(2)19-22-20-18(21(26)23(19)9-5-6-17(24)25)16(11-27-20)15-8-7-13(3)14(4)10-15/h7-8,10-12H,5-6,9H2,1-4H3,(H,24,25). The van der Waals surface area contributed by atoms with E-state index in [-0.39, 0.29) is 17.9 Å². The first-order valence-corrected chi connectivity index (χ1v) is 9.99. The maximum Gasteiger partial charge on any atom is 0.303 e. The van der Waals surface area contributed by atoms with Crippen molar-refractivity contribution in [3.8, 4) is 11.1 Å². The summed E-state index contributed by atoms with van der Waals surface area (Å²) in [7, 11) is 0. The Labute approximate surface area is 162 Å². The third-order valence-corrected chi connectivity index (χ3v) is 5.70. The topological polar surface area (TPSA) is 72.2 Å². The molecular weight excluding hydrogens is 360 g/mol. The van der Waals surface area contributed by atoms with Gasteiger partial charge in [-0.1, -0.05) is 32.0 Å². The van der Waals surface area contributed by atoms with Gasteiger partial charge in [-0.3, -0.25) is 14.2 Å². The van der Waals surface area contributed by atoms with Gasteiger partial charge in [0.2, 0.25) is 0 Å². The van der Waals surface area contributed by atoms with Crippen LogP contribution in [0.25, 0.3) is 21.3 Å². The number of carbonyl (C=O) groups is 1. The molecule has 0 saturated heterocycles. The molecular formula is C21H24N2O3S. The van der Waals surface area contributed by atoms with Crippen LogP contribution < -0.4 is 5.56 Å². The molecule has 142 valence electrons. The summed E-state index contributed by atoms with van der Waals surface area (Å²) in [6, 6.07) is 6.20. The number of hydrogen-bond donors (Lipinski definition) is 1. The molecule has 2 heterocycles. The second-order valence-corrected chi connectivity index (χ2v) is 8.07. The predicted octanol–water partition coefficient (Wildman–Crippen LogP) is 4.73. The summed E-state index contributed by atoms with van der Waals surface area (Å²) in [6.07, 6.45) is 0.445. The van der Waals surface area contributed by atoms with Crippen molar-refractivity contribution in [2.45, 2.75) is 53.0 Å². The van der Waals surface area contributed by atoms with Gasteiger partial charge in [-0.2, -0.15) is 0 Å². The van der Waals surface area contributed by atoms with Crippen LogP contribution in [0.4, 0.5) is 0 Å². The lowest BCUT2D eigenvalue weighted by Crippen LogP contribution is -2.26. The molecule has 0 unspecified atom stereocenters. The minimum absolute atomic E-state index is 0.0374. The molecule has 3 rings (SSSR count). The van der Waals surface area contributed by atoms with Crippen LogP contribution >= 0.6 is 11.3 Å². The fourth-order valence-corrected chi connectivity index (χ4v) is 4.15. The van der Waals surface area contributed by atoms with Crippen LogP contribution in [0.15, 0.2) is 28.4 Å². The number of fused-ring (bicyclic) bond motifs is 1. The molecule has 3 aromatic rings. The zero-order valence-corrected chi connectivity index (χ0v) is 16.9. The molecule has 2 aromatic heterocycles. The number of rotatable bonds is 6. The maximum atomic E-state index is 13.3. The van der Waals surface area contributed by atoms with E-state index < -0.39 is 5.97 Å². The zero-order chi connectivity index (χ0) is 19.7. The number of carboxylic acids is 1. The van der Waals surface area contributed by atoms with Crippen molar-refractivity contribution in [1.29, 1.82) is 0 Å². The molecule has 0 atom stereocenters. The average Bonchev–Trinajstić information content (AvgIpc) is 3.03. The number of benzene rings is 1. The summed E-state index contributed by atoms with van der Waals surface area (Å²) in [5.41, 5.74) is 4.23. The number of carboxylic acid groups (broad SMARTS) is 1. The Kier molecular flexibility index (Phi) is 5.46. The van der Waals surface area contributed by atoms with Gasteiger partial charge in [0.15, 0.2) is 0 Å². The van der Waals surface area contributed by atoms with E-state index in [9.17, 15) is 9.59 Å². The van der Waals surface area contributed by atoms with Gasteiger partial charge in [0, 0.05) is 29.8 Å². The molecule has 27 heavy (non-hydrogen) atoms. The predicted molar refractivity (Wildman–Crippen MR) is 110 cm³/mol. The number of nitrogens with zero attached hydrogens (tertiary/aromatic N) is 2. The van der Waals surface area contributed by atoms with Gasteiger partial charge in [0.05, 0.1) is 5.39 Å². The first kappa shape index (κ1) is 19.3. The van der Waals surface area contributed by atoms with E-state index in [0.717, 1.165) is 16.0 Å². The first-order chi connectivity index (χ1) is 12.8. The number of aromatic nitrogens is 2. The fourth-order valence-electron chi connectivity index (χ4n) is 3.21. The SMILES string of the molecule is Cc1ccc(-c2csc3nc(C(C)C)n(CCCC(=O)O)c(=O)c23)cc1C. The van der Waals surface area contributed by atoms with Gasteiger partial charge in [-0.05, 0) is 37.0 Å². The van der Waals surface area contributed by atoms with E-state index >= 15 is 0 Å². The Balaban J connectivity index is 2.17. The largest absolute Gasteiger partial charge is 0.481 e. The summed E-state index contributed by atoms with van der Waals surface area (Å²) in [4.78, 5) is 29.7. The van der Waals surface area contributed by atoms with Crippen molar-refractivity contribution in [2.24, 2.45) is 0 Å². The van der Waals surface area contributed by atoms with Crippen molar-refractivity contribution in [2.75, 3.05) is 0 Å². The Hall–Kier alpha value is -2.47. The number of aryl methyl sites for hydroxylation is 2. The van der Waals surface area contributed by atoms with Crippen LogP contribution in [-0.2, 0) is 11.3 Å². The maximum absolute atomic E-state index is 13.3. The number of thiophene rings is 1. The van der Waals surface area contributed by atoms with Gasteiger partial charge in [0.25, 0.3) is 5.56 Å². The second kappa shape index (κ2) is 7.64. The molecule has 0 radical (unpaired) electrons. The summed E-state index contributed by atoms with van der Waals surface area (Å²) in [5.74, 6) is -0.0555. The molecule has 5 nitrogen and oxygen atoms in total. The van der Waals surface area contributed by atoms with Crippen molar-refractivity contribution in [3.05, 3.63) is 50.9 Å². The lowest BCUT2D eigenvalue weighted by Gasteiger charge is -2.15. The molecule has 0 amide bonds. The van der Waals surface area contributed by atoms with Gasteiger partial charge < -0.3 is 5.11 Å². The third kappa shape index (κ3) is 3.81. The molecule has 6 heteroatoms. The molecule has 0 aliphatic carbocycles. The van der Waals surface area contributed by atoms with E-state index in [0.29, 0.717) is 24.2 Å². The molecule has 1 aromatic carbocycles. The molecule has 0 bridgehead atoms.